The molecule has 0 aromatic heterocycles. The van der Waals surface area contributed by atoms with E-state index >= 15 is 0 Å². The highest BCUT2D eigenvalue weighted by Gasteiger charge is 2.41. The molecule has 19 heavy (non-hydrogen) atoms. The summed E-state index contributed by atoms with van der Waals surface area (Å²) in [6.45, 7) is 7.56. The number of rotatable bonds is 5. The lowest BCUT2D eigenvalue weighted by atomic mass is 9.75. The van der Waals surface area contributed by atoms with Crippen molar-refractivity contribution in [2.75, 3.05) is 13.1 Å². The molecule has 1 saturated heterocycles. The first kappa shape index (κ1) is 16.4. The van der Waals surface area contributed by atoms with Crippen LogP contribution >= 0.6 is 0 Å². The van der Waals surface area contributed by atoms with E-state index in [0.717, 1.165) is 6.42 Å². The molecule has 0 amide bonds. The standard InChI is InChI=1S/C12H24N2O4S/c1-9(2)13-19(17,18)14-7-5-6-10(8-14)12(3,4)11(15)16/h9-10,13H,5-8H2,1-4H3,(H,15,16). The molecule has 1 heterocycles. The summed E-state index contributed by atoms with van der Waals surface area (Å²) in [4.78, 5) is 11.3. The lowest BCUT2D eigenvalue weighted by Gasteiger charge is -2.38. The van der Waals surface area contributed by atoms with Gasteiger partial charge >= 0.3 is 5.97 Å². The van der Waals surface area contributed by atoms with E-state index in [1.165, 1.54) is 4.31 Å². The van der Waals surface area contributed by atoms with Gasteiger partial charge in [-0.3, -0.25) is 4.79 Å². The zero-order valence-corrected chi connectivity index (χ0v) is 12.8. The third-order valence-electron chi connectivity index (χ3n) is 3.68. The Balaban J connectivity index is 2.83. The SMILES string of the molecule is CC(C)NS(=O)(=O)N1CCCC(C(C)(C)C(=O)O)C1. The molecule has 6 nitrogen and oxygen atoms in total. The third-order valence-corrected chi connectivity index (χ3v) is 5.46. The summed E-state index contributed by atoms with van der Waals surface area (Å²) >= 11 is 0. The van der Waals surface area contributed by atoms with Crippen molar-refractivity contribution >= 4 is 16.2 Å². The summed E-state index contributed by atoms with van der Waals surface area (Å²) < 4.78 is 28.1. The van der Waals surface area contributed by atoms with Crippen LogP contribution in [0.1, 0.15) is 40.5 Å². The highest BCUT2D eigenvalue weighted by Crippen LogP contribution is 2.34. The molecule has 1 fully saturated rings. The monoisotopic (exact) mass is 292 g/mol. The fourth-order valence-electron chi connectivity index (χ4n) is 2.30. The van der Waals surface area contributed by atoms with Crippen LogP contribution in [0.5, 0.6) is 0 Å². The minimum absolute atomic E-state index is 0.164. The number of piperidine rings is 1. The zero-order valence-electron chi connectivity index (χ0n) is 12.0. The fraction of sp³-hybridized carbons (Fsp3) is 0.917. The van der Waals surface area contributed by atoms with Gasteiger partial charge in [0, 0.05) is 19.1 Å². The van der Waals surface area contributed by atoms with Gasteiger partial charge in [0.15, 0.2) is 0 Å². The number of hydrogen-bond acceptors (Lipinski definition) is 3. The van der Waals surface area contributed by atoms with Gasteiger partial charge in [0.1, 0.15) is 0 Å². The maximum Gasteiger partial charge on any atom is 0.309 e. The molecule has 0 aromatic carbocycles. The molecule has 1 atom stereocenters. The fourth-order valence-corrected chi connectivity index (χ4v) is 3.79. The Morgan fingerprint density at radius 1 is 1.42 bits per heavy atom. The first-order valence-electron chi connectivity index (χ1n) is 6.58. The highest BCUT2D eigenvalue weighted by atomic mass is 32.2. The Kier molecular flexibility index (Phi) is 4.97. The van der Waals surface area contributed by atoms with Crippen LogP contribution in [0.15, 0.2) is 0 Å². The van der Waals surface area contributed by atoms with Gasteiger partial charge in [-0.1, -0.05) is 0 Å². The molecule has 1 aliphatic rings. The lowest BCUT2D eigenvalue weighted by Crippen LogP contribution is -2.51. The molecule has 2 N–H and O–H groups in total. The number of carbonyl (C=O) groups is 1. The molecule has 0 spiro atoms. The van der Waals surface area contributed by atoms with Gasteiger partial charge in [0.2, 0.25) is 0 Å². The Morgan fingerprint density at radius 3 is 2.47 bits per heavy atom. The lowest BCUT2D eigenvalue weighted by molar-refractivity contribution is -0.151. The second-order valence-corrected chi connectivity index (χ2v) is 7.70. The van der Waals surface area contributed by atoms with Crippen LogP contribution in [0.2, 0.25) is 0 Å². The van der Waals surface area contributed by atoms with E-state index in [1.807, 2.05) is 0 Å². The maximum absolute atomic E-state index is 12.1. The molecule has 0 saturated carbocycles. The number of aliphatic carboxylic acids is 1. The van der Waals surface area contributed by atoms with Crippen LogP contribution in [0, 0.1) is 11.3 Å². The van der Waals surface area contributed by atoms with Gasteiger partial charge < -0.3 is 5.11 Å². The van der Waals surface area contributed by atoms with Crippen LogP contribution in [-0.4, -0.2) is 42.9 Å². The molecule has 0 radical (unpaired) electrons. The molecule has 1 rings (SSSR count). The van der Waals surface area contributed by atoms with E-state index in [9.17, 15) is 18.3 Å². The van der Waals surface area contributed by atoms with Crippen molar-refractivity contribution in [3.8, 4) is 0 Å². The average molecular weight is 292 g/mol. The van der Waals surface area contributed by atoms with Crippen LogP contribution in [0.3, 0.4) is 0 Å². The molecule has 0 aromatic rings. The predicted molar refractivity (Wildman–Crippen MR) is 72.9 cm³/mol. The van der Waals surface area contributed by atoms with Crippen LogP contribution in [-0.2, 0) is 15.0 Å². The highest BCUT2D eigenvalue weighted by molar-refractivity contribution is 7.87. The van der Waals surface area contributed by atoms with Crippen molar-refractivity contribution in [1.82, 2.24) is 9.03 Å². The normalized spacial score (nSPS) is 22.7. The van der Waals surface area contributed by atoms with Crippen molar-refractivity contribution in [3.63, 3.8) is 0 Å². The van der Waals surface area contributed by atoms with E-state index in [-0.39, 0.29) is 18.5 Å². The maximum atomic E-state index is 12.1. The minimum atomic E-state index is -3.51. The van der Waals surface area contributed by atoms with Gasteiger partial charge in [-0.15, -0.1) is 0 Å². The number of nitrogens with one attached hydrogen (secondary N) is 1. The Bertz CT molecular complexity index is 431. The molecule has 7 heteroatoms. The summed E-state index contributed by atoms with van der Waals surface area (Å²) in [6, 6.07) is -0.169. The second kappa shape index (κ2) is 5.76. The van der Waals surface area contributed by atoms with Crippen LogP contribution in [0.25, 0.3) is 0 Å². The summed E-state index contributed by atoms with van der Waals surface area (Å²) in [5.74, 6) is -1.05. The van der Waals surface area contributed by atoms with Gasteiger partial charge in [-0.2, -0.15) is 17.4 Å². The Labute approximate surface area is 115 Å². The first-order chi connectivity index (χ1) is 8.57. The smallest absolute Gasteiger partial charge is 0.309 e. The summed E-state index contributed by atoms with van der Waals surface area (Å²) in [5, 5.41) is 9.24. The van der Waals surface area contributed by atoms with Gasteiger partial charge in [-0.25, -0.2) is 0 Å². The molecule has 0 aliphatic carbocycles. The van der Waals surface area contributed by atoms with Crippen molar-refractivity contribution in [3.05, 3.63) is 0 Å². The minimum Gasteiger partial charge on any atom is -0.481 e. The summed E-state index contributed by atoms with van der Waals surface area (Å²) in [7, 11) is -3.51. The molecular formula is C12H24N2O4S. The molecule has 1 aliphatic heterocycles. The molecule has 112 valence electrons. The van der Waals surface area contributed by atoms with Gasteiger partial charge in [0.05, 0.1) is 5.41 Å². The molecule has 0 bridgehead atoms. The van der Waals surface area contributed by atoms with Crippen molar-refractivity contribution in [1.29, 1.82) is 0 Å². The van der Waals surface area contributed by atoms with E-state index in [2.05, 4.69) is 4.72 Å². The number of nitrogens with zero attached hydrogens (tertiary/aromatic N) is 1. The van der Waals surface area contributed by atoms with Crippen molar-refractivity contribution in [2.24, 2.45) is 11.3 Å². The number of carboxylic acids is 1. The van der Waals surface area contributed by atoms with Crippen LogP contribution in [0.4, 0.5) is 0 Å². The first-order valence-corrected chi connectivity index (χ1v) is 8.02. The molecular weight excluding hydrogens is 268 g/mol. The third kappa shape index (κ3) is 3.90. The van der Waals surface area contributed by atoms with Crippen LogP contribution < -0.4 is 4.72 Å². The molecule has 1 unspecified atom stereocenters. The average Bonchev–Trinajstić information content (AvgIpc) is 2.27. The van der Waals surface area contributed by atoms with E-state index in [0.29, 0.717) is 13.0 Å². The van der Waals surface area contributed by atoms with Gasteiger partial charge in [0.25, 0.3) is 10.2 Å². The Morgan fingerprint density at radius 2 is 2.00 bits per heavy atom. The van der Waals surface area contributed by atoms with Crippen molar-refractivity contribution < 1.29 is 18.3 Å². The summed E-state index contributed by atoms with van der Waals surface area (Å²) in [5.41, 5.74) is -0.911. The topological polar surface area (TPSA) is 86.7 Å². The van der Waals surface area contributed by atoms with Crippen molar-refractivity contribution in [2.45, 2.75) is 46.6 Å². The van der Waals surface area contributed by atoms with E-state index in [4.69, 9.17) is 0 Å². The van der Waals surface area contributed by atoms with E-state index in [1.54, 1.807) is 27.7 Å². The second-order valence-electron chi connectivity index (χ2n) is 6.00. The number of carboxylic acid groups (broad SMARTS) is 1. The Hall–Kier alpha value is -0.660. The quantitative estimate of drug-likeness (QED) is 0.793. The largest absolute Gasteiger partial charge is 0.481 e. The van der Waals surface area contributed by atoms with Gasteiger partial charge in [-0.05, 0) is 46.5 Å². The zero-order chi connectivity index (χ0) is 14.8. The van der Waals surface area contributed by atoms with E-state index < -0.39 is 21.6 Å². The summed E-state index contributed by atoms with van der Waals surface area (Å²) in [6.07, 6.45) is 1.44. The number of hydrogen-bond donors (Lipinski definition) is 2. The predicted octanol–water partition coefficient (Wildman–Crippen LogP) is 1.05.